The van der Waals surface area contributed by atoms with Gasteiger partial charge in [0.1, 0.15) is 10.1 Å². The lowest BCUT2D eigenvalue weighted by molar-refractivity contribution is -0.107. The minimum Gasteiger partial charge on any atom is -0.493 e. The van der Waals surface area contributed by atoms with Crippen LogP contribution in [0.4, 0.5) is 0 Å². The van der Waals surface area contributed by atoms with E-state index < -0.39 is 0 Å². The van der Waals surface area contributed by atoms with Crippen LogP contribution in [0.5, 0.6) is 11.5 Å². The lowest BCUT2D eigenvalue weighted by Gasteiger charge is -2.10. The molecule has 0 fully saturated rings. The molecule has 0 unspecified atom stereocenters. The van der Waals surface area contributed by atoms with Gasteiger partial charge in [-0.25, -0.2) is 4.99 Å². The molecule has 0 radical (unpaired) electrons. The van der Waals surface area contributed by atoms with Crippen molar-refractivity contribution in [2.24, 2.45) is 4.99 Å². The van der Waals surface area contributed by atoms with Crippen LogP contribution in [0.3, 0.4) is 0 Å². The van der Waals surface area contributed by atoms with Gasteiger partial charge in [0.2, 0.25) is 5.12 Å². The van der Waals surface area contributed by atoms with E-state index in [1.54, 1.807) is 32.1 Å². The smallest absolute Gasteiger partial charge is 0.244 e. The van der Waals surface area contributed by atoms with Crippen LogP contribution in [0.25, 0.3) is 6.08 Å². The van der Waals surface area contributed by atoms with Gasteiger partial charge in [0.15, 0.2) is 11.5 Å². The monoisotopic (exact) mass is 401 g/mol. The molecule has 0 bridgehead atoms. The number of nitrogens with zero attached hydrogens (tertiary/aromatic N) is 1. The average Bonchev–Trinajstić information content (AvgIpc) is 2.84. The Morgan fingerprint density at radius 1 is 1.36 bits per heavy atom. The largest absolute Gasteiger partial charge is 0.493 e. The Labute approximate surface area is 146 Å². The number of halogens is 1. The molecule has 2 rings (SSSR count). The molecule has 0 aliphatic carbocycles. The molecule has 0 spiro atoms. The van der Waals surface area contributed by atoms with Crippen molar-refractivity contribution in [3.05, 3.63) is 27.9 Å². The summed E-state index contributed by atoms with van der Waals surface area (Å²) < 4.78 is 12.2. The SMILES string of the molecule is CCCSC1=N/C(=C\c2cc(Br)c(OC)c(OC)c2)C(=O)S1. The van der Waals surface area contributed by atoms with Crippen molar-refractivity contribution in [2.45, 2.75) is 13.3 Å². The van der Waals surface area contributed by atoms with E-state index in [2.05, 4.69) is 27.8 Å². The third-order valence-electron chi connectivity index (χ3n) is 2.79. The van der Waals surface area contributed by atoms with Gasteiger partial charge in [-0.05, 0) is 63.6 Å². The van der Waals surface area contributed by atoms with Gasteiger partial charge < -0.3 is 9.47 Å². The lowest BCUT2D eigenvalue weighted by atomic mass is 10.1. The number of thioether (sulfide) groups is 2. The van der Waals surface area contributed by atoms with Crippen LogP contribution in [0.1, 0.15) is 18.9 Å². The van der Waals surface area contributed by atoms with Crippen LogP contribution in [0.2, 0.25) is 0 Å². The number of carbonyl (C=O) groups excluding carboxylic acids is 1. The second kappa shape index (κ2) is 8.08. The fraction of sp³-hybridized carbons (Fsp3) is 0.333. The first-order valence-corrected chi connectivity index (χ1v) is 9.25. The average molecular weight is 402 g/mol. The number of methoxy groups -OCH3 is 2. The summed E-state index contributed by atoms with van der Waals surface area (Å²) in [4.78, 5) is 16.4. The first kappa shape index (κ1) is 17.4. The second-order valence-electron chi connectivity index (χ2n) is 4.38. The summed E-state index contributed by atoms with van der Waals surface area (Å²) in [7, 11) is 3.16. The molecule has 4 nitrogen and oxygen atoms in total. The van der Waals surface area contributed by atoms with E-state index >= 15 is 0 Å². The fourth-order valence-electron chi connectivity index (χ4n) is 1.82. The van der Waals surface area contributed by atoms with Gasteiger partial charge >= 0.3 is 0 Å². The van der Waals surface area contributed by atoms with Crippen molar-refractivity contribution < 1.29 is 14.3 Å². The molecule has 7 heteroatoms. The molecule has 1 aliphatic rings. The third-order valence-corrected chi connectivity index (χ3v) is 5.59. The maximum atomic E-state index is 12.0. The van der Waals surface area contributed by atoms with Crippen molar-refractivity contribution in [1.82, 2.24) is 0 Å². The maximum Gasteiger partial charge on any atom is 0.244 e. The highest BCUT2D eigenvalue weighted by atomic mass is 79.9. The molecule has 1 aromatic rings. The summed E-state index contributed by atoms with van der Waals surface area (Å²) in [5.41, 5.74) is 1.29. The Hall–Kier alpha value is -0.920. The maximum absolute atomic E-state index is 12.0. The molecule has 0 saturated heterocycles. The van der Waals surface area contributed by atoms with E-state index in [0.29, 0.717) is 17.2 Å². The number of aliphatic imine (C=N–C) groups is 1. The van der Waals surface area contributed by atoms with Crippen molar-refractivity contribution in [3.63, 3.8) is 0 Å². The van der Waals surface area contributed by atoms with Gasteiger partial charge in [-0.2, -0.15) is 0 Å². The number of hydrogen-bond acceptors (Lipinski definition) is 6. The Morgan fingerprint density at radius 2 is 2.14 bits per heavy atom. The Bertz CT molecular complexity index is 644. The first-order valence-electron chi connectivity index (χ1n) is 6.66. The first-order chi connectivity index (χ1) is 10.6. The predicted molar refractivity (Wildman–Crippen MR) is 98.0 cm³/mol. The number of rotatable bonds is 5. The molecule has 1 aromatic carbocycles. The van der Waals surface area contributed by atoms with E-state index in [1.807, 2.05) is 12.1 Å². The normalized spacial score (nSPS) is 16.1. The zero-order valence-corrected chi connectivity index (χ0v) is 15.7. The number of benzene rings is 1. The minimum atomic E-state index is -0.0236. The van der Waals surface area contributed by atoms with Crippen molar-refractivity contribution >= 4 is 55.0 Å². The Kier molecular flexibility index (Phi) is 6.40. The van der Waals surface area contributed by atoms with Gasteiger partial charge in [-0.15, -0.1) is 0 Å². The minimum absolute atomic E-state index is 0.0236. The predicted octanol–water partition coefficient (Wildman–Crippen LogP) is 4.58. The van der Waals surface area contributed by atoms with Gasteiger partial charge in [0.25, 0.3) is 0 Å². The molecule has 0 amide bonds. The summed E-state index contributed by atoms with van der Waals surface area (Å²) in [6.07, 6.45) is 2.82. The van der Waals surface area contributed by atoms with Crippen LogP contribution < -0.4 is 9.47 Å². The molecule has 118 valence electrons. The summed E-state index contributed by atoms with van der Waals surface area (Å²) in [5.74, 6) is 2.19. The molecule has 1 heterocycles. The van der Waals surface area contributed by atoms with Crippen LogP contribution in [-0.2, 0) is 4.79 Å². The van der Waals surface area contributed by atoms with Crippen LogP contribution >= 0.6 is 39.5 Å². The summed E-state index contributed by atoms with van der Waals surface area (Å²) in [6, 6.07) is 3.69. The molecule has 0 N–H and O–H groups in total. The molecule has 0 aromatic heterocycles. The van der Waals surface area contributed by atoms with E-state index in [-0.39, 0.29) is 5.12 Å². The van der Waals surface area contributed by atoms with Crippen molar-refractivity contribution in [3.8, 4) is 11.5 Å². The molecule has 0 saturated carbocycles. The van der Waals surface area contributed by atoms with E-state index in [0.717, 1.165) is 26.6 Å². The Balaban J connectivity index is 2.31. The summed E-state index contributed by atoms with van der Waals surface area (Å²) in [6.45, 7) is 2.10. The molecule has 1 aliphatic heterocycles. The van der Waals surface area contributed by atoms with E-state index in [4.69, 9.17) is 9.47 Å². The highest BCUT2D eigenvalue weighted by molar-refractivity contribution is 9.10. The van der Waals surface area contributed by atoms with Crippen molar-refractivity contribution in [2.75, 3.05) is 20.0 Å². The summed E-state index contributed by atoms with van der Waals surface area (Å²) in [5, 5.41) is -0.0236. The topological polar surface area (TPSA) is 47.9 Å². The lowest BCUT2D eigenvalue weighted by Crippen LogP contribution is -1.93. The number of carbonyl (C=O) groups is 1. The van der Waals surface area contributed by atoms with E-state index in [1.165, 1.54) is 11.8 Å². The fourth-order valence-corrected chi connectivity index (χ4v) is 4.21. The standard InChI is InChI=1S/C15H16BrNO3S2/c1-4-5-21-15-17-11(14(18)22-15)7-9-6-10(16)13(20-3)12(8-9)19-2/h6-8H,4-5H2,1-3H3/b11-7-. The second-order valence-corrected chi connectivity index (χ2v) is 7.54. The summed E-state index contributed by atoms with van der Waals surface area (Å²) >= 11 is 6.25. The van der Waals surface area contributed by atoms with Crippen LogP contribution in [0, 0.1) is 0 Å². The molecular formula is C15H16BrNO3S2. The number of ether oxygens (including phenoxy) is 2. The van der Waals surface area contributed by atoms with E-state index in [9.17, 15) is 4.79 Å². The van der Waals surface area contributed by atoms with Crippen molar-refractivity contribution in [1.29, 1.82) is 0 Å². The van der Waals surface area contributed by atoms with Gasteiger partial charge in [-0.1, -0.05) is 18.7 Å². The molecular weight excluding hydrogens is 386 g/mol. The highest BCUT2D eigenvalue weighted by Gasteiger charge is 2.22. The Morgan fingerprint density at radius 3 is 2.77 bits per heavy atom. The van der Waals surface area contributed by atoms with Crippen LogP contribution in [-0.4, -0.2) is 29.5 Å². The zero-order valence-electron chi connectivity index (χ0n) is 12.5. The van der Waals surface area contributed by atoms with Gasteiger partial charge in [0, 0.05) is 0 Å². The molecule has 22 heavy (non-hydrogen) atoms. The van der Waals surface area contributed by atoms with Crippen LogP contribution in [0.15, 0.2) is 27.3 Å². The quantitative estimate of drug-likeness (QED) is 0.675. The highest BCUT2D eigenvalue weighted by Crippen LogP contribution is 2.38. The van der Waals surface area contributed by atoms with Gasteiger partial charge in [-0.3, -0.25) is 4.79 Å². The zero-order chi connectivity index (χ0) is 16.1. The van der Waals surface area contributed by atoms with Gasteiger partial charge in [0.05, 0.1) is 18.7 Å². The third kappa shape index (κ3) is 4.08. The number of hydrogen-bond donors (Lipinski definition) is 0. The molecule has 0 atom stereocenters.